The van der Waals surface area contributed by atoms with Crippen LogP contribution < -0.4 is 5.32 Å². The van der Waals surface area contributed by atoms with Gasteiger partial charge in [-0.15, -0.1) is 0 Å². The van der Waals surface area contributed by atoms with Crippen LogP contribution in [0.1, 0.15) is 45.4 Å². The van der Waals surface area contributed by atoms with E-state index < -0.39 is 0 Å². The van der Waals surface area contributed by atoms with Crippen molar-refractivity contribution in [3.63, 3.8) is 0 Å². The van der Waals surface area contributed by atoms with Gasteiger partial charge in [0.05, 0.1) is 0 Å². The van der Waals surface area contributed by atoms with Gasteiger partial charge >= 0.3 is 6.41 Å². The van der Waals surface area contributed by atoms with Crippen LogP contribution in [-0.2, 0) is 4.79 Å². The van der Waals surface area contributed by atoms with Gasteiger partial charge in [0.15, 0.2) is 0 Å². The van der Waals surface area contributed by atoms with Crippen molar-refractivity contribution >= 4 is 6.41 Å². The molecular formula is C9H16NO. The van der Waals surface area contributed by atoms with Crippen molar-refractivity contribution in [3.05, 3.63) is 0 Å². The fourth-order valence-electron chi connectivity index (χ4n) is 1.90. The highest BCUT2D eigenvalue weighted by Gasteiger charge is 2.29. The monoisotopic (exact) mass is 154 g/mol. The van der Waals surface area contributed by atoms with Crippen molar-refractivity contribution in [2.45, 2.75) is 51.0 Å². The third-order valence-corrected chi connectivity index (χ3v) is 2.80. The molecule has 1 saturated carbocycles. The average molecular weight is 154 g/mol. The molecule has 11 heavy (non-hydrogen) atoms. The Bertz CT molecular complexity index is 128. The topological polar surface area (TPSA) is 29.1 Å². The molecule has 2 heteroatoms. The Morgan fingerprint density at radius 2 is 2.00 bits per heavy atom. The van der Waals surface area contributed by atoms with Crippen LogP contribution in [0.15, 0.2) is 0 Å². The maximum atomic E-state index is 10.2. The molecule has 0 spiro atoms. The fraction of sp³-hybridized carbons (Fsp3) is 0.889. The summed E-state index contributed by atoms with van der Waals surface area (Å²) >= 11 is 0. The van der Waals surface area contributed by atoms with E-state index in [9.17, 15) is 4.79 Å². The van der Waals surface area contributed by atoms with E-state index in [1.807, 2.05) is 6.41 Å². The van der Waals surface area contributed by atoms with Crippen LogP contribution in [0.4, 0.5) is 0 Å². The Morgan fingerprint density at radius 1 is 1.36 bits per heavy atom. The fourth-order valence-corrected chi connectivity index (χ4v) is 1.90. The molecule has 0 aromatic carbocycles. The predicted octanol–water partition coefficient (Wildman–Crippen LogP) is 1.76. The van der Waals surface area contributed by atoms with Crippen LogP contribution >= 0.6 is 0 Å². The summed E-state index contributed by atoms with van der Waals surface area (Å²) in [4.78, 5) is 10.2. The zero-order chi connectivity index (χ0) is 8.16. The maximum absolute atomic E-state index is 10.2. The normalized spacial score (nSPS) is 22.6. The van der Waals surface area contributed by atoms with Gasteiger partial charge in [0, 0.05) is 5.54 Å². The second kappa shape index (κ2) is 3.74. The Kier molecular flexibility index (Phi) is 2.92. The maximum Gasteiger partial charge on any atom is 0.309 e. The summed E-state index contributed by atoms with van der Waals surface area (Å²) < 4.78 is 0. The lowest BCUT2D eigenvalue weighted by Crippen LogP contribution is -2.45. The van der Waals surface area contributed by atoms with Crippen LogP contribution in [0, 0.1) is 0 Å². The second-order valence-electron chi connectivity index (χ2n) is 3.42. The zero-order valence-corrected chi connectivity index (χ0v) is 7.15. The van der Waals surface area contributed by atoms with Crippen LogP contribution in [0.5, 0.6) is 0 Å². The highest BCUT2D eigenvalue weighted by molar-refractivity contribution is 5.49. The minimum absolute atomic E-state index is 0.0972. The smallest absolute Gasteiger partial charge is 0.309 e. The lowest BCUT2D eigenvalue weighted by Gasteiger charge is -2.35. The summed E-state index contributed by atoms with van der Waals surface area (Å²) in [5.41, 5.74) is 0.0972. The number of amides is 1. The van der Waals surface area contributed by atoms with Crippen molar-refractivity contribution in [3.8, 4) is 0 Å². The molecule has 63 valence electrons. The minimum Gasteiger partial charge on any atom is -0.342 e. The summed E-state index contributed by atoms with van der Waals surface area (Å²) in [5.74, 6) is 0. The molecule has 0 aliphatic heterocycles. The van der Waals surface area contributed by atoms with Gasteiger partial charge in [-0.25, -0.2) is 0 Å². The molecule has 0 atom stereocenters. The largest absolute Gasteiger partial charge is 0.342 e. The van der Waals surface area contributed by atoms with Gasteiger partial charge in [-0.2, -0.15) is 0 Å². The highest BCUT2D eigenvalue weighted by atomic mass is 16.1. The standard InChI is InChI=1S/C9H16NO/c1-2-9(10-8-11)6-4-3-5-7-9/h2-7H2,1H3,(H,10,11). The molecule has 0 bridgehead atoms. The summed E-state index contributed by atoms with van der Waals surface area (Å²) in [6.07, 6.45) is 8.98. The van der Waals surface area contributed by atoms with Crippen LogP contribution in [-0.4, -0.2) is 11.9 Å². The number of carbonyl (C=O) groups excluding carboxylic acids is 1. The van der Waals surface area contributed by atoms with E-state index in [4.69, 9.17) is 0 Å². The SMILES string of the molecule is CCC1(N[C]=O)CCCCC1. The zero-order valence-electron chi connectivity index (χ0n) is 7.15. The molecular weight excluding hydrogens is 138 g/mol. The number of hydrogen-bond acceptors (Lipinski definition) is 1. The van der Waals surface area contributed by atoms with E-state index in [-0.39, 0.29) is 5.54 Å². The third kappa shape index (κ3) is 1.95. The van der Waals surface area contributed by atoms with Crippen molar-refractivity contribution < 1.29 is 4.79 Å². The molecule has 0 saturated heterocycles. The quantitative estimate of drug-likeness (QED) is 0.616. The van der Waals surface area contributed by atoms with Gasteiger partial charge < -0.3 is 5.32 Å². The van der Waals surface area contributed by atoms with Gasteiger partial charge in [0.2, 0.25) is 0 Å². The van der Waals surface area contributed by atoms with Gasteiger partial charge in [-0.05, 0) is 19.3 Å². The van der Waals surface area contributed by atoms with E-state index in [1.54, 1.807) is 0 Å². The van der Waals surface area contributed by atoms with Crippen LogP contribution in [0.2, 0.25) is 0 Å². The lowest BCUT2D eigenvalue weighted by molar-refractivity contribution is 0.253. The second-order valence-corrected chi connectivity index (χ2v) is 3.42. The van der Waals surface area contributed by atoms with E-state index in [0.717, 1.165) is 19.3 Å². The Hall–Kier alpha value is -0.530. The molecule has 1 aliphatic rings. The number of nitrogens with one attached hydrogen (secondary N) is 1. The average Bonchev–Trinajstić information content (AvgIpc) is 2.07. The number of rotatable bonds is 3. The van der Waals surface area contributed by atoms with Crippen LogP contribution in [0.25, 0.3) is 0 Å². The highest BCUT2D eigenvalue weighted by Crippen LogP contribution is 2.30. The molecule has 1 N–H and O–H groups in total. The molecule has 1 radical (unpaired) electrons. The van der Waals surface area contributed by atoms with Crippen molar-refractivity contribution in [1.29, 1.82) is 0 Å². The van der Waals surface area contributed by atoms with Crippen molar-refractivity contribution in [2.75, 3.05) is 0 Å². The first-order chi connectivity index (χ1) is 5.33. The van der Waals surface area contributed by atoms with Gasteiger partial charge in [0.1, 0.15) is 0 Å². The summed E-state index contributed by atoms with van der Waals surface area (Å²) in [7, 11) is 0. The lowest BCUT2D eigenvalue weighted by atomic mass is 9.80. The molecule has 1 rings (SSSR count). The Labute approximate surface area is 68.4 Å². The molecule has 0 unspecified atom stereocenters. The predicted molar refractivity (Wildman–Crippen MR) is 44.9 cm³/mol. The molecule has 1 amide bonds. The number of hydrogen-bond donors (Lipinski definition) is 1. The molecule has 0 heterocycles. The summed E-state index contributed by atoms with van der Waals surface area (Å²) in [6.45, 7) is 2.13. The van der Waals surface area contributed by atoms with E-state index in [0.29, 0.717) is 0 Å². The van der Waals surface area contributed by atoms with Gasteiger partial charge in [-0.3, -0.25) is 4.79 Å². The van der Waals surface area contributed by atoms with E-state index in [2.05, 4.69) is 12.2 Å². The first-order valence-corrected chi connectivity index (χ1v) is 4.47. The Morgan fingerprint density at radius 3 is 2.45 bits per heavy atom. The van der Waals surface area contributed by atoms with Crippen LogP contribution in [0.3, 0.4) is 0 Å². The van der Waals surface area contributed by atoms with Crippen molar-refractivity contribution in [2.24, 2.45) is 0 Å². The first kappa shape index (κ1) is 8.57. The molecule has 0 aromatic rings. The molecule has 1 fully saturated rings. The van der Waals surface area contributed by atoms with Crippen molar-refractivity contribution in [1.82, 2.24) is 5.32 Å². The molecule has 1 aliphatic carbocycles. The minimum atomic E-state index is 0.0972. The summed E-state index contributed by atoms with van der Waals surface area (Å²) in [5, 5.41) is 2.84. The van der Waals surface area contributed by atoms with Gasteiger partial charge in [-0.1, -0.05) is 26.2 Å². The summed E-state index contributed by atoms with van der Waals surface area (Å²) in [6, 6.07) is 0. The Balaban J connectivity index is 2.49. The first-order valence-electron chi connectivity index (χ1n) is 4.47. The third-order valence-electron chi connectivity index (χ3n) is 2.80. The van der Waals surface area contributed by atoms with E-state index >= 15 is 0 Å². The molecule has 0 aromatic heterocycles. The van der Waals surface area contributed by atoms with Gasteiger partial charge in [0.25, 0.3) is 0 Å². The van der Waals surface area contributed by atoms with E-state index in [1.165, 1.54) is 19.3 Å². The molecule has 2 nitrogen and oxygen atoms in total.